The molecule has 0 N–H and O–H groups in total. The minimum atomic E-state index is 0.376. The Morgan fingerprint density at radius 1 is 1.30 bits per heavy atom. The van der Waals surface area contributed by atoms with Crippen LogP contribution in [0.15, 0.2) is 12.3 Å². The molecule has 1 saturated heterocycles. The maximum atomic E-state index is 5.81. The van der Waals surface area contributed by atoms with Gasteiger partial charge in [-0.1, -0.05) is 33.1 Å². The summed E-state index contributed by atoms with van der Waals surface area (Å²) in [6.45, 7) is 8.04. The summed E-state index contributed by atoms with van der Waals surface area (Å²) in [5.41, 5.74) is 0. The first-order valence-electron chi connectivity index (χ1n) is 7.89. The van der Waals surface area contributed by atoms with Crippen LogP contribution >= 0.6 is 0 Å². The second kappa shape index (κ2) is 6.08. The molecule has 4 heteroatoms. The van der Waals surface area contributed by atoms with Crippen LogP contribution in [0.5, 0.6) is 0 Å². The third-order valence-corrected chi connectivity index (χ3v) is 4.61. The summed E-state index contributed by atoms with van der Waals surface area (Å²) in [5, 5.41) is 0. The maximum absolute atomic E-state index is 5.81. The molecule has 2 heterocycles. The summed E-state index contributed by atoms with van der Waals surface area (Å²) >= 11 is 0. The van der Waals surface area contributed by atoms with Crippen LogP contribution in [0.3, 0.4) is 0 Å². The minimum absolute atomic E-state index is 0.376. The molecule has 0 bridgehead atoms. The number of nitrogens with zero attached hydrogens (tertiary/aromatic N) is 3. The van der Waals surface area contributed by atoms with Gasteiger partial charge in [0.2, 0.25) is 0 Å². The van der Waals surface area contributed by atoms with Crippen LogP contribution in [0.1, 0.15) is 44.9 Å². The van der Waals surface area contributed by atoms with Gasteiger partial charge in [-0.3, -0.25) is 0 Å². The Hall–Kier alpha value is -1.16. The first kappa shape index (κ1) is 13.8. The molecule has 110 valence electrons. The fraction of sp³-hybridized carbons (Fsp3) is 0.750. The Kier molecular flexibility index (Phi) is 4.20. The van der Waals surface area contributed by atoms with Crippen molar-refractivity contribution in [2.24, 2.45) is 11.8 Å². The largest absolute Gasteiger partial charge is 0.379 e. The summed E-state index contributed by atoms with van der Waals surface area (Å²) in [4.78, 5) is 11.5. The maximum Gasteiger partial charge on any atom is 0.133 e. The number of ether oxygens (including phenoxy) is 1. The van der Waals surface area contributed by atoms with Gasteiger partial charge in [0.1, 0.15) is 11.6 Å². The molecule has 1 atom stereocenters. The summed E-state index contributed by atoms with van der Waals surface area (Å²) in [6.07, 6.45) is 6.04. The van der Waals surface area contributed by atoms with Gasteiger partial charge in [-0.2, -0.15) is 0 Å². The van der Waals surface area contributed by atoms with Crippen molar-refractivity contribution in [1.82, 2.24) is 9.97 Å². The Bertz CT molecular complexity index is 445. The van der Waals surface area contributed by atoms with Crippen molar-refractivity contribution < 1.29 is 4.74 Å². The molecule has 3 rings (SSSR count). The highest BCUT2D eigenvalue weighted by Crippen LogP contribution is 2.35. The lowest BCUT2D eigenvalue weighted by Gasteiger charge is -2.35. The van der Waals surface area contributed by atoms with E-state index in [-0.39, 0.29) is 0 Å². The van der Waals surface area contributed by atoms with Gasteiger partial charge in [-0.25, -0.2) is 9.97 Å². The molecule has 0 aromatic carbocycles. The van der Waals surface area contributed by atoms with E-state index in [1.165, 1.54) is 19.3 Å². The topological polar surface area (TPSA) is 38.2 Å². The third kappa shape index (κ3) is 2.95. The molecule has 4 nitrogen and oxygen atoms in total. The SMILES string of the molecule is CC(C)c1nccc(N2CCOC[C@@H](C3CCC3)C2)n1. The molecule has 2 aliphatic rings. The Morgan fingerprint density at radius 2 is 2.15 bits per heavy atom. The van der Waals surface area contributed by atoms with Gasteiger partial charge in [0, 0.05) is 31.1 Å². The molecule has 0 radical (unpaired) electrons. The Labute approximate surface area is 121 Å². The lowest BCUT2D eigenvalue weighted by atomic mass is 9.76. The monoisotopic (exact) mass is 275 g/mol. The van der Waals surface area contributed by atoms with Crippen LogP contribution < -0.4 is 4.90 Å². The highest BCUT2D eigenvalue weighted by molar-refractivity contribution is 5.38. The van der Waals surface area contributed by atoms with E-state index in [1.54, 1.807) is 0 Å². The molecule has 1 aromatic heterocycles. The summed E-state index contributed by atoms with van der Waals surface area (Å²) in [6, 6.07) is 2.04. The Balaban J connectivity index is 1.75. The van der Waals surface area contributed by atoms with Gasteiger partial charge >= 0.3 is 0 Å². The highest BCUT2D eigenvalue weighted by Gasteiger charge is 2.30. The molecular weight excluding hydrogens is 250 g/mol. The van der Waals surface area contributed by atoms with Crippen molar-refractivity contribution >= 4 is 5.82 Å². The highest BCUT2D eigenvalue weighted by atomic mass is 16.5. The van der Waals surface area contributed by atoms with Gasteiger partial charge < -0.3 is 9.64 Å². The summed E-state index contributed by atoms with van der Waals surface area (Å²) in [7, 11) is 0. The molecule has 0 amide bonds. The zero-order chi connectivity index (χ0) is 13.9. The average Bonchev–Trinajstić information content (AvgIpc) is 2.63. The normalized spacial score (nSPS) is 24.6. The molecule has 1 aromatic rings. The van der Waals surface area contributed by atoms with E-state index in [4.69, 9.17) is 9.72 Å². The van der Waals surface area contributed by atoms with Crippen LogP contribution in [0.2, 0.25) is 0 Å². The lowest BCUT2D eigenvalue weighted by molar-refractivity contribution is 0.0784. The van der Waals surface area contributed by atoms with Crippen molar-refractivity contribution in [1.29, 1.82) is 0 Å². The molecule has 1 aliphatic carbocycles. The number of hydrogen-bond acceptors (Lipinski definition) is 4. The van der Waals surface area contributed by atoms with Crippen molar-refractivity contribution in [2.75, 3.05) is 31.2 Å². The van der Waals surface area contributed by atoms with Crippen molar-refractivity contribution in [2.45, 2.75) is 39.0 Å². The number of rotatable bonds is 3. The van der Waals surface area contributed by atoms with Crippen LogP contribution in [0.4, 0.5) is 5.82 Å². The van der Waals surface area contributed by atoms with Crippen LogP contribution in [0, 0.1) is 11.8 Å². The summed E-state index contributed by atoms with van der Waals surface area (Å²) in [5.74, 6) is 3.91. The van der Waals surface area contributed by atoms with E-state index in [0.29, 0.717) is 11.8 Å². The van der Waals surface area contributed by atoms with Crippen molar-refractivity contribution in [3.8, 4) is 0 Å². The molecule has 20 heavy (non-hydrogen) atoms. The molecule has 1 aliphatic heterocycles. The van der Waals surface area contributed by atoms with E-state index >= 15 is 0 Å². The first-order chi connectivity index (χ1) is 9.74. The molecule has 1 saturated carbocycles. The zero-order valence-corrected chi connectivity index (χ0v) is 12.6. The number of aromatic nitrogens is 2. The predicted molar refractivity (Wildman–Crippen MR) is 80.0 cm³/mol. The number of anilines is 1. The molecule has 2 fully saturated rings. The molecule has 0 spiro atoms. The van der Waals surface area contributed by atoms with E-state index in [1.807, 2.05) is 12.3 Å². The van der Waals surface area contributed by atoms with Gasteiger partial charge in [0.05, 0.1) is 13.2 Å². The third-order valence-electron chi connectivity index (χ3n) is 4.61. The van der Waals surface area contributed by atoms with Gasteiger partial charge in [0.15, 0.2) is 0 Å². The number of hydrogen-bond donors (Lipinski definition) is 0. The van der Waals surface area contributed by atoms with E-state index in [2.05, 4.69) is 23.7 Å². The average molecular weight is 275 g/mol. The quantitative estimate of drug-likeness (QED) is 0.850. The standard InChI is InChI=1S/C16H25N3O/c1-12(2)16-17-7-6-15(18-16)19-8-9-20-11-14(10-19)13-4-3-5-13/h6-7,12-14H,3-5,8-11H2,1-2H3/t14-/m0/s1. The fourth-order valence-corrected chi connectivity index (χ4v) is 3.06. The lowest BCUT2D eigenvalue weighted by Crippen LogP contribution is -2.36. The van der Waals surface area contributed by atoms with Gasteiger partial charge in [-0.15, -0.1) is 0 Å². The molecular formula is C16H25N3O. The predicted octanol–water partition coefficient (Wildman–Crippen LogP) is 2.85. The summed E-state index contributed by atoms with van der Waals surface area (Å²) < 4.78 is 5.81. The fourth-order valence-electron chi connectivity index (χ4n) is 3.06. The van der Waals surface area contributed by atoms with Gasteiger partial charge in [0.25, 0.3) is 0 Å². The van der Waals surface area contributed by atoms with Crippen molar-refractivity contribution in [3.05, 3.63) is 18.1 Å². The zero-order valence-electron chi connectivity index (χ0n) is 12.6. The second-order valence-corrected chi connectivity index (χ2v) is 6.40. The molecule has 0 unspecified atom stereocenters. The first-order valence-corrected chi connectivity index (χ1v) is 7.89. The van der Waals surface area contributed by atoms with E-state index in [0.717, 1.165) is 43.9 Å². The van der Waals surface area contributed by atoms with Gasteiger partial charge in [-0.05, 0) is 12.0 Å². The van der Waals surface area contributed by atoms with Crippen LogP contribution in [-0.2, 0) is 4.74 Å². The van der Waals surface area contributed by atoms with Crippen molar-refractivity contribution in [3.63, 3.8) is 0 Å². The van der Waals surface area contributed by atoms with Crippen LogP contribution in [0.25, 0.3) is 0 Å². The Morgan fingerprint density at radius 3 is 2.85 bits per heavy atom. The van der Waals surface area contributed by atoms with E-state index < -0.39 is 0 Å². The van der Waals surface area contributed by atoms with E-state index in [9.17, 15) is 0 Å². The second-order valence-electron chi connectivity index (χ2n) is 6.40. The smallest absolute Gasteiger partial charge is 0.133 e. The minimum Gasteiger partial charge on any atom is -0.379 e. The van der Waals surface area contributed by atoms with Crippen LogP contribution in [-0.4, -0.2) is 36.3 Å².